The lowest BCUT2D eigenvalue weighted by Crippen LogP contribution is -2.39. The molecule has 0 saturated carbocycles. The molecule has 0 atom stereocenters. The van der Waals surface area contributed by atoms with Crippen LogP contribution in [0.3, 0.4) is 0 Å². The van der Waals surface area contributed by atoms with Crippen LogP contribution in [0.1, 0.15) is 29.9 Å². The molecule has 172 valence electrons. The molecule has 32 heavy (non-hydrogen) atoms. The van der Waals surface area contributed by atoms with Gasteiger partial charge in [0.2, 0.25) is 0 Å². The minimum absolute atomic E-state index is 0.421. The van der Waals surface area contributed by atoms with Gasteiger partial charge in [0.05, 0.1) is 44.9 Å². The quantitative estimate of drug-likeness (QED) is 0.645. The Bertz CT molecular complexity index is 919. The smallest absolute Gasteiger partial charge is 0.318 e. The second-order valence-corrected chi connectivity index (χ2v) is 8.28. The summed E-state index contributed by atoms with van der Waals surface area (Å²) in [7, 11) is 0. The van der Waals surface area contributed by atoms with Crippen LogP contribution in [0.15, 0.2) is 27.8 Å². The van der Waals surface area contributed by atoms with Crippen molar-refractivity contribution in [1.82, 2.24) is 14.9 Å². The molecular formula is C23H31N5O4. The zero-order valence-electron chi connectivity index (χ0n) is 18.5. The van der Waals surface area contributed by atoms with Crippen molar-refractivity contribution >= 4 is 11.5 Å². The number of hydrogen-bond donors (Lipinski definition) is 0. The van der Waals surface area contributed by atoms with Gasteiger partial charge in [0.1, 0.15) is 18.2 Å². The van der Waals surface area contributed by atoms with Crippen molar-refractivity contribution in [2.45, 2.75) is 25.8 Å². The Labute approximate surface area is 188 Å². The van der Waals surface area contributed by atoms with E-state index in [0.29, 0.717) is 32.4 Å². The summed E-state index contributed by atoms with van der Waals surface area (Å²) in [6.07, 6.45) is 4.78. The van der Waals surface area contributed by atoms with Gasteiger partial charge in [-0.2, -0.15) is 9.97 Å². The Morgan fingerprint density at radius 2 is 1.81 bits per heavy atom. The number of aromatic nitrogens is 2. The van der Waals surface area contributed by atoms with E-state index in [1.807, 2.05) is 12.1 Å². The highest BCUT2D eigenvalue weighted by Gasteiger charge is 2.19. The van der Waals surface area contributed by atoms with E-state index >= 15 is 0 Å². The number of rotatable bonds is 7. The minimum Gasteiger partial charge on any atom is -0.469 e. The highest BCUT2D eigenvalue weighted by atomic mass is 16.5. The van der Waals surface area contributed by atoms with E-state index in [1.165, 1.54) is 0 Å². The van der Waals surface area contributed by atoms with Gasteiger partial charge in [0, 0.05) is 56.5 Å². The van der Waals surface area contributed by atoms with Gasteiger partial charge in [-0.05, 0) is 18.9 Å². The molecule has 5 rings (SSSR count). The summed E-state index contributed by atoms with van der Waals surface area (Å²) in [6, 6.07) is 4.47. The zero-order chi connectivity index (χ0) is 21.6. The topological polar surface area (TPSA) is 85.5 Å². The number of fused-ring (bicyclic) bond motifs is 1. The van der Waals surface area contributed by atoms with E-state index in [1.54, 1.807) is 6.26 Å². The SMILES string of the molecule is c1cc2c(o1)CCCC2=NCc1cc(N2CCOCC2)nc(OCCN2CCOCC2)n1. The fraction of sp³-hybridized carbons (Fsp3) is 0.609. The van der Waals surface area contributed by atoms with E-state index < -0.39 is 0 Å². The van der Waals surface area contributed by atoms with E-state index in [4.69, 9.17) is 28.6 Å². The molecule has 2 fully saturated rings. The highest BCUT2D eigenvalue weighted by Crippen LogP contribution is 2.24. The fourth-order valence-electron chi connectivity index (χ4n) is 4.33. The van der Waals surface area contributed by atoms with Crippen LogP contribution in [0.4, 0.5) is 5.82 Å². The molecule has 0 spiro atoms. The first-order valence-corrected chi connectivity index (χ1v) is 11.6. The Morgan fingerprint density at radius 1 is 1.00 bits per heavy atom. The molecule has 0 N–H and O–H groups in total. The fourth-order valence-corrected chi connectivity index (χ4v) is 4.33. The average Bonchev–Trinajstić information content (AvgIpc) is 3.34. The number of furan rings is 1. The van der Waals surface area contributed by atoms with E-state index in [-0.39, 0.29) is 0 Å². The molecule has 1 aliphatic carbocycles. The number of aryl methyl sites for hydroxylation is 1. The average molecular weight is 442 g/mol. The van der Waals surface area contributed by atoms with Gasteiger partial charge < -0.3 is 23.5 Å². The molecule has 0 aromatic carbocycles. The Kier molecular flexibility index (Phi) is 6.95. The molecule has 9 heteroatoms. The van der Waals surface area contributed by atoms with Crippen molar-refractivity contribution in [3.05, 3.63) is 35.4 Å². The van der Waals surface area contributed by atoms with Gasteiger partial charge in [-0.1, -0.05) is 0 Å². The van der Waals surface area contributed by atoms with Crippen molar-refractivity contribution in [3.8, 4) is 6.01 Å². The lowest BCUT2D eigenvalue weighted by Gasteiger charge is -2.28. The number of hydrogen-bond acceptors (Lipinski definition) is 9. The highest BCUT2D eigenvalue weighted by molar-refractivity contribution is 6.02. The molecule has 9 nitrogen and oxygen atoms in total. The van der Waals surface area contributed by atoms with Crippen molar-refractivity contribution in [2.75, 3.05) is 70.7 Å². The summed E-state index contributed by atoms with van der Waals surface area (Å²) in [6.45, 7) is 8.39. The van der Waals surface area contributed by atoms with Gasteiger partial charge >= 0.3 is 6.01 Å². The largest absolute Gasteiger partial charge is 0.469 e. The standard InChI is InChI=1S/C23H31N5O4/c1-2-20(19-4-10-31-21(19)3-1)24-17-18-16-22(28-8-13-30-14-9-28)26-23(25-18)32-15-7-27-5-11-29-12-6-27/h4,10,16H,1-3,5-9,11-15,17H2. The van der Waals surface area contributed by atoms with Crippen LogP contribution in [0.5, 0.6) is 6.01 Å². The third-order valence-electron chi connectivity index (χ3n) is 6.13. The van der Waals surface area contributed by atoms with Crippen LogP contribution in [-0.2, 0) is 22.4 Å². The van der Waals surface area contributed by atoms with Gasteiger partial charge in [-0.3, -0.25) is 9.89 Å². The number of anilines is 1. The number of ether oxygens (including phenoxy) is 3. The van der Waals surface area contributed by atoms with Crippen molar-refractivity contribution in [1.29, 1.82) is 0 Å². The van der Waals surface area contributed by atoms with Crippen LogP contribution in [0.2, 0.25) is 0 Å². The summed E-state index contributed by atoms with van der Waals surface area (Å²) in [5.41, 5.74) is 3.10. The van der Waals surface area contributed by atoms with Crippen molar-refractivity contribution < 1.29 is 18.6 Å². The van der Waals surface area contributed by atoms with Gasteiger partial charge in [-0.25, -0.2) is 0 Å². The molecule has 4 heterocycles. The number of morpholine rings is 2. The van der Waals surface area contributed by atoms with Gasteiger partial charge in [0.15, 0.2) is 0 Å². The zero-order valence-corrected chi connectivity index (χ0v) is 18.5. The molecule has 0 radical (unpaired) electrons. The first-order valence-electron chi connectivity index (χ1n) is 11.6. The summed E-state index contributed by atoms with van der Waals surface area (Å²) in [5, 5.41) is 0. The van der Waals surface area contributed by atoms with E-state index in [0.717, 1.165) is 93.7 Å². The molecule has 2 saturated heterocycles. The van der Waals surface area contributed by atoms with Crippen molar-refractivity contribution in [2.24, 2.45) is 4.99 Å². The Balaban J connectivity index is 1.30. The van der Waals surface area contributed by atoms with Crippen molar-refractivity contribution in [3.63, 3.8) is 0 Å². The first-order chi connectivity index (χ1) is 15.8. The Hall–Kier alpha value is -2.49. The summed E-state index contributed by atoms with van der Waals surface area (Å²) < 4.78 is 22.5. The van der Waals surface area contributed by atoms with Gasteiger partial charge in [0.25, 0.3) is 0 Å². The van der Waals surface area contributed by atoms with E-state index in [2.05, 4.69) is 14.8 Å². The first kappa shape index (κ1) is 21.4. The summed E-state index contributed by atoms with van der Waals surface area (Å²) in [5.74, 6) is 1.92. The summed E-state index contributed by atoms with van der Waals surface area (Å²) in [4.78, 5) is 18.8. The number of nitrogens with zero attached hydrogens (tertiary/aromatic N) is 5. The normalized spacial score (nSPS) is 21.0. The minimum atomic E-state index is 0.421. The van der Waals surface area contributed by atoms with Crippen LogP contribution in [0, 0.1) is 0 Å². The van der Waals surface area contributed by atoms with Crippen LogP contribution in [-0.4, -0.2) is 86.3 Å². The van der Waals surface area contributed by atoms with Crippen LogP contribution < -0.4 is 9.64 Å². The number of aliphatic imine (C=N–C) groups is 1. The molecule has 3 aliphatic rings. The summed E-state index contributed by atoms with van der Waals surface area (Å²) >= 11 is 0. The van der Waals surface area contributed by atoms with Crippen LogP contribution >= 0.6 is 0 Å². The Morgan fingerprint density at radius 3 is 2.66 bits per heavy atom. The lowest BCUT2D eigenvalue weighted by atomic mass is 9.96. The third kappa shape index (κ3) is 5.28. The maximum atomic E-state index is 5.99. The lowest BCUT2D eigenvalue weighted by molar-refractivity contribution is 0.0317. The maximum absolute atomic E-state index is 5.99. The maximum Gasteiger partial charge on any atom is 0.318 e. The molecule has 0 bridgehead atoms. The molecular weight excluding hydrogens is 410 g/mol. The van der Waals surface area contributed by atoms with Crippen LogP contribution in [0.25, 0.3) is 0 Å². The predicted octanol–water partition coefficient (Wildman–Crippen LogP) is 1.94. The van der Waals surface area contributed by atoms with E-state index in [9.17, 15) is 0 Å². The molecule has 2 aromatic heterocycles. The molecule has 0 unspecified atom stereocenters. The molecule has 2 aliphatic heterocycles. The molecule has 2 aromatic rings. The predicted molar refractivity (Wildman–Crippen MR) is 120 cm³/mol. The third-order valence-corrected chi connectivity index (χ3v) is 6.13. The monoisotopic (exact) mass is 441 g/mol. The second kappa shape index (κ2) is 10.4. The van der Waals surface area contributed by atoms with Gasteiger partial charge in [-0.15, -0.1) is 0 Å². The second-order valence-electron chi connectivity index (χ2n) is 8.28. The molecule has 0 amide bonds.